The second-order valence-corrected chi connectivity index (χ2v) is 7.92. The number of hydrogen-bond donors (Lipinski definition) is 1. The van der Waals surface area contributed by atoms with Gasteiger partial charge in [0.25, 0.3) is 0 Å². The Labute approximate surface area is 170 Å². The summed E-state index contributed by atoms with van der Waals surface area (Å²) in [5.74, 6) is 0.0387. The zero-order valence-electron chi connectivity index (χ0n) is 15.5. The molecule has 2 aromatic rings. The van der Waals surface area contributed by atoms with E-state index in [1.807, 2.05) is 49.9 Å². The van der Waals surface area contributed by atoms with Crippen molar-refractivity contribution in [1.82, 2.24) is 10.3 Å². The number of aromatic nitrogens is 2. The minimum Gasteiger partial charge on any atom is -0.356 e. The Morgan fingerprint density at radius 2 is 1.81 bits per heavy atom. The summed E-state index contributed by atoms with van der Waals surface area (Å²) < 4.78 is 3.35. The highest BCUT2D eigenvalue weighted by Crippen LogP contribution is 2.17. The van der Waals surface area contributed by atoms with E-state index in [0.717, 1.165) is 25.1 Å². The Hall–Kier alpha value is -1.50. The maximum absolute atomic E-state index is 12.2. The molecule has 1 heterocycles. The lowest BCUT2D eigenvalue weighted by Gasteiger charge is -2.13. The molecular weight excluding hydrogens is 437 g/mol. The summed E-state index contributed by atoms with van der Waals surface area (Å²) in [6, 6.07) is 8.16. The Morgan fingerprint density at radius 1 is 1.12 bits per heavy atom. The highest BCUT2D eigenvalue weighted by atomic mass is 127. The van der Waals surface area contributed by atoms with Crippen LogP contribution in [0.15, 0.2) is 49.1 Å². The van der Waals surface area contributed by atoms with Crippen LogP contribution < -0.4 is 9.88 Å². The SMILES string of the molecule is C[C@@H](C(=O)NCCCCCCCC[n+]1ccncc1)c1cccc(I)c1. The summed E-state index contributed by atoms with van der Waals surface area (Å²) in [5.41, 5.74) is 1.08. The fraction of sp³-hybridized carbons (Fsp3) is 0.476. The first kappa shape index (κ1) is 20.8. The fourth-order valence-electron chi connectivity index (χ4n) is 2.92. The lowest BCUT2D eigenvalue weighted by atomic mass is 10.0. The number of unbranched alkanes of at least 4 members (excludes halogenated alkanes) is 5. The molecule has 0 aliphatic heterocycles. The number of benzene rings is 1. The van der Waals surface area contributed by atoms with Crippen molar-refractivity contribution >= 4 is 28.5 Å². The van der Waals surface area contributed by atoms with Gasteiger partial charge in [-0.25, -0.2) is 4.57 Å². The molecular formula is C21H29IN3O+. The molecule has 1 aromatic heterocycles. The monoisotopic (exact) mass is 466 g/mol. The molecule has 0 spiro atoms. The molecule has 0 unspecified atom stereocenters. The first-order valence-corrected chi connectivity index (χ1v) is 10.6. The van der Waals surface area contributed by atoms with Crippen molar-refractivity contribution in [2.75, 3.05) is 6.54 Å². The molecule has 1 amide bonds. The van der Waals surface area contributed by atoms with Crippen LogP contribution in [0.3, 0.4) is 0 Å². The number of nitrogens with one attached hydrogen (secondary N) is 1. The molecule has 1 atom stereocenters. The molecule has 0 fully saturated rings. The number of rotatable bonds is 11. The van der Waals surface area contributed by atoms with Gasteiger partial charge >= 0.3 is 0 Å². The van der Waals surface area contributed by atoms with Gasteiger partial charge in [-0.05, 0) is 60.1 Å². The lowest BCUT2D eigenvalue weighted by molar-refractivity contribution is -0.697. The maximum Gasteiger partial charge on any atom is 0.227 e. The molecule has 0 aliphatic carbocycles. The number of halogens is 1. The molecule has 0 aliphatic rings. The number of hydrogen-bond acceptors (Lipinski definition) is 2. The summed E-state index contributed by atoms with van der Waals surface area (Å²) in [7, 11) is 0. The van der Waals surface area contributed by atoms with Crippen LogP contribution in [0.1, 0.15) is 56.9 Å². The summed E-state index contributed by atoms with van der Waals surface area (Å²) in [5, 5.41) is 3.07. The molecule has 26 heavy (non-hydrogen) atoms. The standard InChI is InChI=1S/C21H28IN3O/c1-18(19-9-8-10-20(22)17-19)21(26)24-11-6-4-2-3-5-7-14-25-15-12-23-13-16-25/h8-10,12-13,15-18H,2-7,11,14H2,1H3/p+1/t18-/m1/s1. The second kappa shape index (κ2) is 12.0. The molecule has 1 N–H and O–H groups in total. The number of carbonyl (C=O) groups excluding carboxylic acids is 1. The molecule has 0 radical (unpaired) electrons. The zero-order chi connectivity index (χ0) is 18.6. The van der Waals surface area contributed by atoms with E-state index in [0.29, 0.717) is 0 Å². The van der Waals surface area contributed by atoms with Crippen LogP contribution in [-0.4, -0.2) is 17.4 Å². The van der Waals surface area contributed by atoms with Gasteiger partial charge in [0.1, 0.15) is 6.54 Å². The van der Waals surface area contributed by atoms with Gasteiger partial charge in [-0.1, -0.05) is 31.4 Å². The van der Waals surface area contributed by atoms with E-state index in [4.69, 9.17) is 0 Å². The largest absolute Gasteiger partial charge is 0.356 e. The summed E-state index contributed by atoms with van der Waals surface area (Å²) in [6.07, 6.45) is 14.9. The van der Waals surface area contributed by atoms with E-state index in [1.165, 1.54) is 35.7 Å². The number of nitrogens with zero attached hydrogens (tertiary/aromatic N) is 2. The van der Waals surface area contributed by atoms with Crippen LogP contribution in [-0.2, 0) is 11.3 Å². The molecule has 5 heteroatoms. The van der Waals surface area contributed by atoms with Gasteiger partial charge in [-0.3, -0.25) is 9.78 Å². The maximum atomic E-state index is 12.2. The summed E-state index contributed by atoms with van der Waals surface area (Å²) in [4.78, 5) is 16.3. The quantitative estimate of drug-likeness (QED) is 0.306. The van der Waals surface area contributed by atoms with Gasteiger partial charge in [0.05, 0.1) is 18.3 Å². The van der Waals surface area contributed by atoms with Crippen LogP contribution in [0.25, 0.3) is 0 Å². The molecule has 1 aromatic carbocycles. The average molecular weight is 466 g/mol. The smallest absolute Gasteiger partial charge is 0.227 e. The average Bonchev–Trinajstić information content (AvgIpc) is 2.66. The van der Waals surface area contributed by atoms with Crippen molar-refractivity contribution in [3.8, 4) is 0 Å². The molecule has 0 saturated carbocycles. The van der Waals surface area contributed by atoms with Crippen LogP contribution in [0.2, 0.25) is 0 Å². The predicted molar refractivity (Wildman–Crippen MR) is 113 cm³/mol. The Kier molecular flexibility index (Phi) is 9.60. The normalized spacial score (nSPS) is 11.9. The van der Waals surface area contributed by atoms with E-state index in [1.54, 1.807) is 0 Å². The van der Waals surface area contributed by atoms with Crippen molar-refractivity contribution in [3.63, 3.8) is 0 Å². The van der Waals surface area contributed by atoms with Crippen molar-refractivity contribution in [2.45, 2.75) is 57.9 Å². The van der Waals surface area contributed by atoms with E-state index in [9.17, 15) is 4.79 Å². The number of aryl methyl sites for hydroxylation is 1. The Bertz CT molecular complexity index is 663. The Balaban J connectivity index is 1.49. The van der Waals surface area contributed by atoms with Crippen molar-refractivity contribution in [2.24, 2.45) is 0 Å². The fourth-order valence-corrected chi connectivity index (χ4v) is 3.48. The van der Waals surface area contributed by atoms with Gasteiger partial charge in [-0.2, -0.15) is 0 Å². The summed E-state index contributed by atoms with van der Waals surface area (Å²) >= 11 is 2.28. The summed E-state index contributed by atoms with van der Waals surface area (Å²) in [6.45, 7) is 3.82. The van der Waals surface area contributed by atoms with E-state index in [2.05, 4.69) is 43.5 Å². The molecule has 0 bridgehead atoms. The van der Waals surface area contributed by atoms with E-state index < -0.39 is 0 Å². The van der Waals surface area contributed by atoms with Crippen LogP contribution in [0.5, 0.6) is 0 Å². The second-order valence-electron chi connectivity index (χ2n) is 6.67. The highest BCUT2D eigenvalue weighted by molar-refractivity contribution is 14.1. The molecule has 140 valence electrons. The lowest BCUT2D eigenvalue weighted by Crippen LogP contribution is -2.32. The molecule has 0 saturated heterocycles. The van der Waals surface area contributed by atoms with Crippen molar-refractivity contribution in [3.05, 3.63) is 58.2 Å². The van der Waals surface area contributed by atoms with Crippen LogP contribution in [0, 0.1) is 3.57 Å². The van der Waals surface area contributed by atoms with Gasteiger partial charge in [0, 0.05) is 16.5 Å². The van der Waals surface area contributed by atoms with E-state index in [-0.39, 0.29) is 11.8 Å². The number of carbonyl (C=O) groups is 1. The van der Waals surface area contributed by atoms with Crippen LogP contribution >= 0.6 is 22.6 Å². The third kappa shape index (κ3) is 7.81. The molecule has 2 rings (SSSR count). The van der Waals surface area contributed by atoms with Gasteiger partial charge in [-0.15, -0.1) is 0 Å². The zero-order valence-corrected chi connectivity index (χ0v) is 17.7. The third-order valence-electron chi connectivity index (χ3n) is 4.57. The van der Waals surface area contributed by atoms with Crippen molar-refractivity contribution < 1.29 is 9.36 Å². The van der Waals surface area contributed by atoms with Gasteiger partial charge in [0.2, 0.25) is 5.91 Å². The van der Waals surface area contributed by atoms with E-state index >= 15 is 0 Å². The first-order valence-electron chi connectivity index (χ1n) is 9.49. The van der Waals surface area contributed by atoms with Gasteiger partial charge < -0.3 is 5.32 Å². The number of amides is 1. The minimum absolute atomic E-state index is 0.0876. The topological polar surface area (TPSA) is 45.9 Å². The van der Waals surface area contributed by atoms with Crippen molar-refractivity contribution in [1.29, 1.82) is 0 Å². The minimum atomic E-state index is -0.0876. The Morgan fingerprint density at radius 3 is 2.54 bits per heavy atom. The molecule has 4 nitrogen and oxygen atoms in total. The predicted octanol–water partition coefficient (Wildman–Crippen LogP) is 4.23. The van der Waals surface area contributed by atoms with Crippen LogP contribution in [0.4, 0.5) is 0 Å². The highest BCUT2D eigenvalue weighted by Gasteiger charge is 2.14. The third-order valence-corrected chi connectivity index (χ3v) is 5.24. The first-order chi connectivity index (χ1) is 12.7. The van der Waals surface area contributed by atoms with Gasteiger partial charge in [0.15, 0.2) is 12.4 Å².